The summed E-state index contributed by atoms with van der Waals surface area (Å²) in [6.45, 7) is 3.64. The highest BCUT2D eigenvalue weighted by molar-refractivity contribution is 7.99. The van der Waals surface area contributed by atoms with Crippen molar-refractivity contribution in [1.82, 2.24) is 14.7 Å². The Kier molecular flexibility index (Phi) is 3.30. The number of thioether (sulfide) groups is 1. The van der Waals surface area contributed by atoms with Crippen molar-refractivity contribution in [2.24, 2.45) is 0 Å². The normalized spacial score (nSPS) is 18.9. The fourth-order valence-corrected chi connectivity index (χ4v) is 2.57. The minimum atomic E-state index is -0.178. The molecule has 0 aliphatic carbocycles. The maximum Gasteiger partial charge on any atom is 0.247 e. The van der Waals surface area contributed by atoms with Crippen LogP contribution in [-0.4, -0.2) is 45.2 Å². The Morgan fingerprint density at radius 1 is 1.47 bits per heavy atom. The van der Waals surface area contributed by atoms with Gasteiger partial charge in [0.2, 0.25) is 5.91 Å². The van der Waals surface area contributed by atoms with E-state index in [1.165, 1.54) is 0 Å². The second kappa shape index (κ2) is 4.70. The zero-order chi connectivity index (χ0) is 10.7. The van der Waals surface area contributed by atoms with Gasteiger partial charge in [0.1, 0.15) is 6.04 Å². The van der Waals surface area contributed by atoms with Crippen LogP contribution in [0.1, 0.15) is 13.0 Å². The molecule has 0 aromatic carbocycles. The third-order valence-corrected chi connectivity index (χ3v) is 3.54. The first kappa shape index (κ1) is 10.5. The summed E-state index contributed by atoms with van der Waals surface area (Å²) in [5, 5.41) is 4.10. The Labute approximate surface area is 93.6 Å². The molecule has 1 aliphatic heterocycles. The number of nitrogens with zero attached hydrogens (tertiary/aromatic N) is 3. The summed E-state index contributed by atoms with van der Waals surface area (Å²) < 4.78 is 1.71. The van der Waals surface area contributed by atoms with Crippen LogP contribution < -0.4 is 0 Å². The molecule has 4 nitrogen and oxygen atoms in total. The quantitative estimate of drug-likeness (QED) is 0.754. The summed E-state index contributed by atoms with van der Waals surface area (Å²) in [5.41, 5.74) is 0. The van der Waals surface area contributed by atoms with Gasteiger partial charge in [0, 0.05) is 37.0 Å². The molecule has 1 fully saturated rings. The highest BCUT2D eigenvalue weighted by Gasteiger charge is 2.23. The van der Waals surface area contributed by atoms with Gasteiger partial charge in [-0.3, -0.25) is 9.48 Å². The number of aromatic nitrogens is 2. The molecule has 0 saturated carbocycles. The van der Waals surface area contributed by atoms with E-state index in [2.05, 4.69) is 5.10 Å². The highest BCUT2D eigenvalue weighted by Crippen LogP contribution is 2.14. The van der Waals surface area contributed by atoms with Crippen LogP contribution in [-0.2, 0) is 4.79 Å². The molecule has 2 rings (SSSR count). The van der Waals surface area contributed by atoms with Gasteiger partial charge in [-0.1, -0.05) is 0 Å². The summed E-state index contributed by atoms with van der Waals surface area (Å²) in [7, 11) is 0. The second-order valence-electron chi connectivity index (χ2n) is 3.60. The Morgan fingerprint density at radius 3 is 2.80 bits per heavy atom. The van der Waals surface area contributed by atoms with Crippen LogP contribution in [0.2, 0.25) is 0 Å². The van der Waals surface area contributed by atoms with Crippen LogP contribution in [0.25, 0.3) is 0 Å². The molecule has 0 bridgehead atoms. The van der Waals surface area contributed by atoms with Crippen molar-refractivity contribution in [3.63, 3.8) is 0 Å². The second-order valence-corrected chi connectivity index (χ2v) is 4.82. The van der Waals surface area contributed by atoms with Gasteiger partial charge in [-0.05, 0) is 13.0 Å². The first-order valence-corrected chi connectivity index (χ1v) is 6.30. The number of rotatable bonds is 2. The predicted octanol–water partition coefficient (Wildman–Crippen LogP) is 1.02. The zero-order valence-corrected chi connectivity index (χ0v) is 9.61. The van der Waals surface area contributed by atoms with E-state index >= 15 is 0 Å². The van der Waals surface area contributed by atoms with Crippen LogP contribution in [0.4, 0.5) is 0 Å². The van der Waals surface area contributed by atoms with Crippen molar-refractivity contribution in [2.45, 2.75) is 13.0 Å². The fourth-order valence-electron chi connectivity index (χ4n) is 1.67. The summed E-state index contributed by atoms with van der Waals surface area (Å²) in [5.74, 6) is 2.29. The third-order valence-electron chi connectivity index (χ3n) is 2.60. The summed E-state index contributed by atoms with van der Waals surface area (Å²) >= 11 is 1.91. The van der Waals surface area contributed by atoms with E-state index in [1.54, 1.807) is 10.9 Å². The first-order valence-electron chi connectivity index (χ1n) is 5.14. The van der Waals surface area contributed by atoms with Gasteiger partial charge in [-0.25, -0.2) is 0 Å². The van der Waals surface area contributed by atoms with Gasteiger partial charge in [-0.15, -0.1) is 0 Å². The Morgan fingerprint density at radius 2 is 2.20 bits per heavy atom. The average molecular weight is 225 g/mol. The molecule has 1 aromatic heterocycles. The lowest BCUT2D eigenvalue weighted by molar-refractivity contribution is -0.134. The number of carbonyl (C=O) groups is 1. The van der Waals surface area contributed by atoms with Gasteiger partial charge in [0.05, 0.1) is 0 Å². The molecule has 1 aromatic rings. The predicted molar refractivity (Wildman–Crippen MR) is 60.8 cm³/mol. The van der Waals surface area contributed by atoms with Crippen LogP contribution in [0.3, 0.4) is 0 Å². The van der Waals surface area contributed by atoms with Crippen molar-refractivity contribution in [1.29, 1.82) is 0 Å². The molecule has 2 heterocycles. The average Bonchev–Trinajstić information content (AvgIpc) is 2.82. The molecular weight excluding hydrogens is 210 g/mol. The number of carbonyl (C=O) groups excluding carboxylic acids is 1. The van der Waals surface area contributed by atoms with E-state index in [1.807, 2.05) is 35.8 Å². The molecule has 0 spiro atoms. The van der Waals surface area contributed by atoms with Crippen molar-refractivity contribution >= 4 is 17.7 Å². The minimum absolute atomic E-state index is 0.178. The molecule has 0 radical (unpaired) electrons. The zero-order valence-electron chi connectivity index (χ0n) is 8.80. The summed E-state index contributed by atoms with van der Waals surface area (Å²) in [6, 6.07) is 1.67. The van der Waals surface area contributed by atoms with Crippen LogP contribution in [0.5, 0.6) is 0 Å². The summed E-state index contributed by atoms with van der Waals surface area (Å²) in [4.78, 5) is 14.0. The van der Waals surface area contributed by atoms with E-state index < -0.39 is 0 Å². The standard InChI is InChI=1S/C10H15N3OS/c1-9(13-4-2-3-11-13)10(14)12-5-7-15-8-6-12/h2-4,9H,5-8H2,1H3/t9-/m0/s1. The fraction of sp³-hybridized carbons (Fsp3) is 0.600. The van der Waals surface area contributed by atoms with Gasteiger partial charge < -0.3 is 4.90 Å². The molecular formula is C10H15N3OS. The lowest BCUT2D eigenvalue weighted by Gasteiger charge is -2.28. The van der Waals surface area contributed by atoms with Crippen molar-refractivity contribution < 1.29 is 4.79 Å². The topological polar surface area (TPSA) is 38.1 Å². The SMILES string of the molecule is C[C@@H](C(=O)N1CCSCC1)n1cccn1. The molecule has 0 unspecified atom stereocenters. The Balaban J connectivity index is 2.00. The van der Waals surface area contributed by atoms with Crippen molar-refractivity contribution in [3.05, 3.63) is 18.5 Å². The minimum Gasteiger partial charge on any atom is -0.339 e. The van der Waals surface area contributed by atoms with E-state index in [0.717, 1.165) is 24.6 Å². The molecule has 15 heavy (non-hydrogen) atoms. The van der Waals surface area contributed by atoms with Crippen LogP contribution in [0.15, 0.2) is 18.5 Å². The molecule has 0 N–H and O–H groups in total. The molecule has 1 amide bonds. The van der Waals surface area contributed by atoms with E-state index in [9.17, 15) is 4.79 Å². The largest absolute Gasteiger partial charge is 0.339 e. The van der Waals surface area contributed by atoms with Gasteiger partial charge in [-0.2, -0.15) is 16.9 Å². The molecule has 1 atom stereocenters. The lowest BCUT2D eigenvalue weighted by atomic mass is 10.3. The van der Waals surface area contributed by atoms with E-state index in [-0.39, 0.29) is 11.9 Å². The molecule has 1 aliphatic rings. The van der Waals surface area contributed by atoms with Crippen LogP contribution in [0, 0.1) is 0 Å². The number of amides is 1. The number of hydrogen-bond acceptors (Lipinski definition) is 3. The smallest absolute Gasteiger partial charge is 0.247 e. The molecule has 1 saturated heterocycles. The third kappa shape index (κ3) is 2.34. The van der Waals surface area contributed by atoms with E-state index in [4.69, 9.17) is 0 Å². The molecule has 82 valence electrons. The van der Waals surface area contributed by atoms with Gasteiger partial charge >= 0.3 is 0 Å². The van der Waals surface area contributed by atoms with Crippen molar-refractivity contribution in [2.75, 3.05) is 24.6 Å². The lowest BCUT2D eigenvalue weighted by Crippen LogP contribution is -2.41. The Hall–Kier alpha value is -0.970. The highest BCUT2D eigenvalue weighted by atomic mass is 32.2. The van der Waals surface area contributed by atoms with E-state index in [0.29, 0.717) is 0 Å². The summed E-state index contributed by atoms with van der Waals surface area (Å²) in [6.07, 6.45) is 3.54. The van der Waals surface area contributed by atoms with Crippen LogP contribution >= 0.6 is 11.8 Å². The molecule has 5 heteroatoms. The van der Waals surface area contributed by atoms with Crippen molar-refractivity contribution in [3.8, 4) is 0 Å². The maximum absolute atomic E-state index is 12.1. The monoisotopic (exact) mass is 225 g/mol. The first-order chi connectivity index (χ1) is 7.29. The van der Waals surface area contributed by atoms with Gasteiger partial charge in [0.15, 0.2) is 0 Å². The van der Waals surface area contributed by atoms with Gasteiger partial charge in [0.25, 0.3) is 0 Å². The maximum atomic E-state index is 12.1. The Bertz CT molecular complexity index is 319. The number of hydrogen-bond donors (Lipinski definition) is 0.